The average Bonchev–Trinajstić information content (AvgIpc) is 2.20. The Hall–Kier alpha value is -1.84. The third kappa shape index (κ3) is 3.08. The van der Waals surface area contributed by atoms with E-state index in [4.69, 9.17) is 0 Å². The van der Waals surface area contributed by atoms with Gasteiger partial charge in [0.1, 0.15) is 0 Å². The van der Waals surface area contributed by atoms with Gasteiger partial charge in [-0.05, 0) is 44.5 Å². The van der Waals surface area contributed by atoms with Gasteiger partial charge in [0.25, 0.3) is 5.91 Å². The SMILES string of the molecule is Cc1cc(C(=O)NC(C)C)ccc1NC=O. The molecule has 0 heterocycles. The van der Waals surface area contributed by atoms with Gasteiger partial charge in [0.05, 0.1) is 0 Å². The second-order valence-corrected chi connectivity index (χ2v) is 3.92. The quantitative estimate of drug-likeness (QED) is 0.759. The average molecular weight is 220 g/mol. The van der Waals surface area contributed by atoms with Crippen LogP contribution in [0.3, 0.4) is 0 Å². The molecule has 0 atom stereocenters. The van der Waals surface area contributed by atoms with Crippen LogP contribution in [0.15, 0.2) is 18.2 Å². The smallest absolute Gasteiger partial charge is 0.251 e. The highest BCUT2D eigenvalue weighted by Crippen LogP contribution is 2.15. The third-order valence-corrected chi connectivity index (χ3v) is 2.12. The number of hydrogen-bond donors (Lipinski definition) is 2. The molecule has 4 nitrogen and oxygen atoms in total. The zero-order valence-corrected chi connectivity index (χ0v) is 9.70. The van der Waals surface area contributed by atoms with Crippen molar-refractivity contribution in [2.24, 2.45) is 0 Å². The van der Waals surface area contributed by atoms with Crippen LogP contribution < -0.4 is 10.6 Å². The minimum atomic E-state index is -0.101. The van der Waals surface area contributed by atoms with E-state index in [9.17, 15) is 9.59 Å². The minimum absolute atomic E-state index is 0.101. The lowest BCUT2D eigenvalue weighted by Gasteiger charge is -2.10. The van der Waals surface area contributed by atoms with Crippen molar-refractivity contribution < 1.29 is 9.59 Å². The van der Waals surface area contributed by atoms with E-state index in [1.54, 1.807) is 18.2 Å². The molecule has 0 saturated carbocycles. The Balaban J connectivity index is 2.88. The molecule has 4 heteroatoms. The summed E-state index contributed by atoms with van der Waals surface area (Å²) >= 11 is 0. The molecule has 86 valence electrons. The lowest BCUT2D eigenvalue weighted by atomic mass is 10.1. The van der Waals surface area contributed by atoms with E-state index < -0.39 is 0 Å². The molecule has 0 aliphatic heterocycles. The summed E-state index contributed by atoms with van der Waals surface area (Å²) in [5, 5.41) is 5.38. The van der Waals surface area contributed by atoms with Crippen molar-refractivity contribution in [2.45, 2.75) is 26.8 Å². The van der Waals surface area contributed by atoms with Crippen LogP contribution in [0.4, 0.5) is 5.69 Å². The van der Waals surface area contributed by atoms with Crippen LogP contribution in [0.1, 0.15) is 29.8 Å². The fraction of sp³-hybridized carbons (Fsp3) is 0.333. The fourth-order valence-corrected chi connectivity index (χ4v) is 1.38. The van der Waals surface area contributed by atoms with E-state index in [1.165, 1.54) is 0 Å². The van der Waals surface area contributed by atoms with Gasteiger partial charge in [0.2, 0.25) is 6.41 Å². The first-order valence-corrected chi connectivity index (χ1v) is 5.16. The summed E-state index contributed by atoms with van der Waals surface area (Å²) in [5.74, 6) is -0.101. The Morgan fingerprint density at radius 1 is 1.38 bits per heavy atom. The number of anilines is 1. The normalized spacial score (nSPS) is 10.0. The predicted molar refractivity (Wildman–Crippen MR) is 63.5 cm³/mol. The molecular formula is C12H16N2O2. The van der Waals surface area contributed by atoms with Crippen LogP contribution in [0.25, 0.3) is 0 Å². The molecule has 0 unspecified atom stereocenters. The maximum absolute atomic E-state index is 11.7. The number of aryl methyl sites for hydroxylation is 1. The number of nitrogens with one attached hydrogen (secondary N) is 2. The molecular weight excluding hydrogens is 204 g/mol. The largest absolute Gasteiger partial charge is 0.350 e. The highest BCUT2D eigenvalue weighted by atomic mass is 16.1. The van der Waals surface area contributed by atoms with Crippen molar-refractivity contribution in [1.82, 2.24) is 5.32 Å². The lowest BCUT2D eigenvalue weighted by Crippen LogP contribution is -2.30. The Bertz CT molecular complexity index is 400. The molecule has 0 fully saturated rings. The number of benzene rings is 1. The standard InChI is InChI=1S/C12H16N2O2/c1-8(2)14-12(16)10-4-5-11(13-7-15)9(3)6-10/h4-8H,1-3H3,(H,13,15)(H,14,16). The Morgan fingerprint density at radius 3 is 2.56 bits per heavy atom. The molecule has 1 rings (SSSR count). The third-order valence-electron chi connectivity index (χ3n) is 2.12. The van der Waals surface area contributed by atoms with E-state index in [2.05, 4.69) is 10.6 Å². The molecule has 16 heavy (non-hydrogen) atoms. The van der Waals surface area contributed by atoms with Crippen molar-refractivity contribution in [3.63, 3.8) is 0 Å². The van der Waals surface area contributed by atoms with Gasteiger partial charge in [-0.2, -0.15) is 0 Å². The number of hydrogen-bond acceptors (Lipinski definition) is 2. The van der Waals surface area contributed by atoms with Crippen molar-refractivity contribution in [3.8, 4) is 0 Å². The molecule has 0 radical (unpaired) electrons. The molecule has 1 aromatic rings. The van der Waals surface area contributed by atoms with Crippen LogP contribution in [0.2, 0.25) is 0 Å². The highest BCUT2D eigenvalue weighted by Gasteiger charge is 2.08. The van der Waals surface area contributed by atoms with E-state index in [0.29, 0.717) is 12.0 Å². The summed E-state index contributed by atoms with van der Waals surface area (Å²) in [6.07, 6.45) is 0.621. The van der Waals surface area contributed by atoms with Crippen LogP contribution >= 0.6 is 0 Å². The van der Waals surface area contributed by atoms with Crippen molar-refractivity contribution >= 4 is 18.0 Å². The van der Waals surface area contributed by atoms with Gasteiger partial charge in [-0.3, -0.25) is 9.59 Å². The molecule has 2 amide bonds. The van der Waals surface area contributed by atoms with E-state index in [1.807, 2.05) is 20.8 Å². The maximum atomic E-state index is 11.7. The first-order chi connectivity index (χ1) is 7.54. The summed E-state index contributed by atoms with van der Waals surface area (Å²) in [7, 11) is 0. The Labute approximate surface area is 95.0 Å². The molecule has 0 spiro atoms. The van der Waals surface area contributed by atoms with Crippen LogP contribution in [-0.4, -0.2) is 18.4 Å². The maximum Gasteiger partial charge on any atom is 0.251 e. The summed E-state index contributed by atoms with van der Waals surface area (Å²) in [4.78, 5) is 22.0. The molecule has 1 aromatic carbocycles. The Kier molecular flexibility index (Phi) is 4.05. The summed E-state index contributed by atoms with van der Waals surface area (Å²) < 4.78 is 0. The molecule has 0 saturated heterocycles. The lowest BCUT2D eigenvalue weighted by molar-refractivity contribution is -0.105. The zero-order chi connectivity index (χ0) is 12.1. The van der Waals surface area contributed by atoms with Gasteiger partial charge in [-0.15, -0.1) is 0 Å². The van der Waals surface area contributed by atoms with Gasteiger partial charge < -0.3 is 10.6 Å². The zero-order valence-electron chi connectivity index (χ0n) is 9.70. The van der Waals surface area contributed by atoms with Gasteiger partial charge >= 0.3 is 0 Å². The number of carbonyl (C=O) groups is 2. The summed E-state index contributed by atoms with van der Waals surface area (Å²) in [5.41, 5.74) is 2.18. The van der Waals surface area contributed by atoms with Gasteiger partial charge in [-0.25, -0.2) is 0 Å². The van der Waals surface area contributed by atoms with Crippen LogP contribution in [-0.2, 0) is 4.79 Å². The molecule has 0 aromatic heterocycles. The van der Waals surface area contributed by atoms with Crippen molar-refractivity contribution in [1.29, 1.82) is 0 Å². The molecule has 0 aliphatic rings. The second-order valence-electron chi connectivity index (χ2n) is 3.92. The topological polar surface area (TPSA) is 58.2 Å². The molecule has 2 N–H and O–H groups in total. The van der Waals surface area contributed by atoms with Crippen LogP contribution in [0.5, 0.6) is 0 Å². The van der Waals surface area contributed by atoms with Crippen molar-refractivity contribution in [3.05, 3.63) is 29.3 Å². The minimum Gasteiger partial charge on any atom is -0.350 e. The highest BCUT2D eigenvalue weighted by molar-refractivity contribution is 5.95. The van der Waals surface area contributed by atoms with E-state index in [-0.39, 0.29) is 11.9 Å². The molecule has 0 aliphatic carbocycles. The van der Waals surface area contributed by atoms with Gasteiger partial charge in [0.15, 0.2) is 0 Å². The van der Waals surface area contributed by atoms with E-state index in [0.717, 1.165) is 11.3 Å². The Morgan fingerprint density at radius 2 is 2.06 bits per heavy atom. The summed E-state index contributed by atoms with van der Waals surface area (Å²) in [6, 6.07) is 5.28. The second kappa shape index (κ2) is 5.30. The monoisotopic (exact) mass is 220 g/mol. The van der Waals surface area contributed by atoms with Crippen LogP contribution in [0, 0.1) is 6.92 Å². The number of amides is 2. The van der Waals surface area contributed by atoms with Crippen molar-refractivity contribution in [2.75, 3.05) is 5.32 Å². The number of rotatable bonds is 4. The number of carbonyl (C=O) groups excluding carboxylic acids is 2. The van der Waals surface area contributed by atoms with E-state index >= 15 is 0 Å². The first-order valence-electron chi connectivity index (χ1n) is 5.16. The van der Waals surface area contributed by atoms with Gasteiger partial charge in [0, 0.05) is 17.3 Å². The predicted octanol–water partition coefficient (Wildman–Crippen LogP) is 1.70. The first kappa shape index (κ1) is 12.2. The van der Waals surface area contributed by atoms with Gasteiger partial charge in [-0.1, -0.05) is 0 Å². The molecule has 0 bridgehead atoms. The fourth-order valence-electron chi connectivity index (χ4n) is 1.38. The summed E-state index contributed by atoms with van der Waals surface area (Å²) in [6.45, 7) is 5.66.